The minimum Gasteiger partial charge on any atom is -0.309 e. The van der Waals surface area contributed by atoms with Crippen LogP contribution in [0.15, 0.2) is 43.9 Å². The maximum atomic E-state index is 14.0. The monoisotopic (exact) mass is 478 g/mol. The number of pyridine rings is 1. The summed E-state index contributed by atoms with van der Waals surface area (Å²) in [4.78, 5) is 4.45. The van der Waals surface area contributed by atoms with E-state index in [9.17, 15) is 4.39 Å². The molecule has 6 heteroatoms. The summed E-state index contributed by atoms with van der Waals surface area (Å²) in [6, 6.07) is 7.04. The van der Waals surface area contributed by atoms with Crippen molar-refractivity contribution in [3.63, 3.8) is 0 Å². The molecule has 0 aliphatic carbocycles. The van der Waals surface area contributed by atoms with Crippen LogP contribution in [0.3, 0.4) is 0 Å². The van der Waals surface area contributed by atoms with E-state index >= 15 is 0 Å². The molecule has 0 bridgehead atoms. The standard InChI is InChI=1S/C15H14Br3FN2/c1-2-20-14(15-12(18)6-11(17)8-21-15)5-9-3-4-10(16)7-13(9)19/h3-4,6-8,14,20H,2,5H2,1H3. The van der Waals surface area contributed by atoms with Crippen molar-refractivity contribution in [2.24, 2.45) is 0 Å². The summed E-state index contributed by atoms with van der Waals surface area (Å²) in [5.74, 6) is -0.208. The summed E-state index contributed by atoms with van der Waals surface area (Å²) in [5, 5.41) is 3.36. The van der Waals surface area contributed by atoms with Gasteiger partial charge in [-0.25, -0.2) is 4.39 Å². The van der Waals surface area contributed by atoms with Crippen molar-refractivity contribution in [2.75, 3.05) is 6.54 Å². The SMILES string of the molecule is CCNC(Cc1ccc(Br)cc1F)c1ncc(Br)cc1Br. The van der Waals surface area contributed by atoms with Gasteiger partial charge in [0.25, 0.3) is 0 Å². The Labute approximate surface area is 148 Å². The van der Waals surface area contributed by atoms with Crippen LogP contribution in [0.4, 0.5) is 4.39 Å². The second kappa shape index (κ2) is 7.81. The minimum atomic E-state index is -0.208. The molecule has 0 fully saturated rings. The minimum absolute atomic E-state index is 0.0480. The molecule has 2 aromatic rings. The van der Waals surface area contributed by atoms with Crippen LogP contribution in [-0.2, 0) is 6.42 Å². The van der Waals surface area contributed by atoms with Gasteiger partial charge in [-0.2, -0.15) is 0 Å². The fourth-order valence-electron chi connectivity index (χ4n) is 2.10. The van der Waals surface area contributed by atoms with Gasteiger partial charge in [-0.05, 0) is 68.6 Å². The fourth-order valence-corrected chi connectivity index (χ4v) is 3.70. The van der Waals surface area contributed by atoms with Crippen LogP contribution in [0, 0.1) is 5.82 Å². The molecule has 0 spiro atoms. The summed E-state index contributed by atoms with van der Waals surface area (Å²) in [6.07, 6.45) is 2.29. The van der Waals surface area contributed by atoms with E-state index in [2.05, 4.69) is 58.1 Å². The van der Waals surface area contributed by atoms with Crippen molar-refractivity contribution in [2.45, 2.75) is 19.4 Å². The van der Waals surface area contributed by atoms with E-state index in [1.54, 1.807) is 12.3 Å². The van der Waals surface area contributed by atoms with Crippen LogP contribution in [0.1, 0.15) is 24.2 Å². The smallest absolute Gasteiger partial charge is 0.127 e. The summed E-state index contributed by atoms with van der Waals surface area (Å²) in [5.41, 5.74) is 1.54. The normalized spacial score (nSPS) is 12.4. The van der Waals surface area contributed by atoms with Crippen molar-refractivity contribution in [3.05, 3.63) is 61.0 Å². The molecule has 0 aliphatic rings. The molecule has 0 radical (unpaired) electrons. The second-order valence-electron chi connectivity index (χ2n) is 4.57. The van der Waals surface area contributed by atoms with Gasteiger partial charge >= 0.3 is 0 Å². The summed E-state index contributed by atoms with van der Waals surface area (Å²) in [7, 11) is 0. The molecule has 1 unspecified atom stereocenters. The Morgan fingerprint density at radius 1 is 1.19 bits per heavy atom. The topological polar surface area (TPSA) is 24.9 Å². The van der Waals surface area contributed by atoms with E-state index in [0.29, 0.717) is 12.0 Å². The van der Waals surface area contributed by atoms with E-state index in [4.69, 9.17) is 0 Å². The molecule has 1 atom stereocenters. The quantitative estimate of drug-likeness (QED) is 0.619. The first-order chi connectivity index (χ1) is 10.0. The molecule has 0 aliphatic heterocycles. The van der Waals surface area contributed by atoms with Gasteiger partial charge in [0.1, 0.15) is 5.82 Å². The van der Waals surface area contributed by atoms with Gasteiger partial charge < -0.3 is 5.32 Å². The largest absolute Gasteiger partial charge is 0.309 e. The molecule has 2 rings (SSSR count). The van der Waals surface area contributed by atoms with Gasteiger partial charge in [0.15, 0.2) is 0 Å². The highest BCUT2D eigenvalue weighted by Crippen LogP contribution is 2.28. The third kappa shape index (κ3) is 4.58. The zero-order valence-electron chi connectivity index (χ0n) is 11.3. The van der Waals surface area contributed by atoms with Crippen molar-refractivity contribution in [3.8, 4) is 0 Å². The van der Waals surface area contributed by atoms with Gasteiger partial charge in [-0.3, -0.25) is 4.98 Å². The highest BCUT2D eigenvalue weighted by atomic mass is 79.9. The van der Waals surface area contributed by atoms with E-state index in [-0.39, 0.29) is 11.9 Å². The highest BCUT2D eigenvalue weighted by molar-refractivity contribution is 9.11. The molecule has 0 saturated heterocycles. The molecule has 21 heavy (non-hydrogen) atoms. The molecule has 0 amide bonds. The van der Waals surface area contributed by atoms with E-state index in [0.717, 1.165) is 25.7 Å². The third-order valence-corrected chi connectivity index (χ3v) is 4.62. The van der Waals surface area contributed by atoms with Gasteiger partial charge in [0, 0.05) is 19.6 Å². The maximum absolute atomic E-state index is 14.0. The highest BCUT2D eigenvalue weighted by Gasteiger charge is 2.18. The number of rotatable bonds is 5. The fraction of sp³-hybridized carbons (Fsp3) is 0.267. The van der Waals surface area contributed by atoms with Gasteiger partial charge in [-0.15, -0.1) is 0 Å². The number of hydrogen-bond donors (Lipinski definition) is 1. The average Bonchev–Trinajstić information content (AvgIpc) is 2.41. The van der Waals surface area contributed by atoms with E-state index in [1.807, 2.05) is 19.1 Å². The lowest BCUT2D eigenvalue weighted by Crippen LogP contribution is -2.24. The zero-order valence-corrected chi connectivity index (χ0v) is 16.1. The predicted octanol–water partition coefficient (Wildman–Crippen LogP) is 5.40. The maximum Gasteiger partial charge on any atom is 0.127 e. The van der Waals surface area contributed by atoms with Crippen molar-refractivity contribution in [1.29, 1.82) is 0 Å². The van der Waals surface area contributed by atoms with Crippen molar-refractivity contribution >= 4 is 47.8 Å². The second-order valence-corrected chi connectivity index (χ2v) is 7.26. The van der Waals surface area contributed by atoms with Crippen LogP contribution in [-0.4, -0.2) is 11.5 Å². The Balaban J connectivity index is 2.30. The molecule has 1 aromatic carbocycles. The molecule has 1 N–H and O–H groups in total. The summed E-state index contributed by atoms with van der Waals surface area (Å²) in [6.45, 7) is 2.81. The zero-order chi connectivity index (χ0) is 15.4. The first-order valence-corrected chi connectivity index (χ1v) is 8.87. The number of halogens is 4. The average molecular weight is 481 g/mol. The molecular formula is C15H14Br3FN2. The van der Waals surface area contributed by atoms with Crippen molar-refractivity contribution in [1.82, 2.24) is 10.3 Å². The number of nitrogens with one attached hydrogen (secondary N) is 1. The lowest BCUT2D eigenvalue weighted by molar-refractivity contribution is 0.516. The molecule has 112 valence electrons. The Morgan fingerprint density at radius 3 is 2.57 bits per heavy atom. The molecule has 1 heterocycles. The Hall–Kier alpha value is -0.300. The Morgan fingerprint density at radius 2 is 1.95 bits per heavy atom. The summed E-state index contributed by atoms with van der Waals surface area (Å²) >= 11 is 10.2. The predicted molar refractivity (Wildman–Crippen MR) is 93.9 cm³/mol. The number of aromatic nitrogens is 1. The summed E-state index contributed by atoms with van der Waals surface area (Å²) < 4.78 is 16.6. The van der Waals surface area contributed by atoms with E-state index in [1.165, 1.54) is 6.07 Å². The number of hydrogen-bond acceptors (Lipinski definition) is 2. The molecule has 2 nitrogen and oxygen atoms in total. The number of nitrogens with zero attached hydrogens (tertiary/aromatic N) is 1. The van der Waals surface area contributed by atoms with Crippen molar-refractivity contribution < 1.29 is 4.39 Å². The van der Waals surface area contributed by atoms with Gasteiger partial charge in [0.2, 0.25) is 0 Å². The third-order valence-electron chi connectivity index (χ3n) is 3.06. The molecular weight excluding hydrogens is 467 g/mol. The number of likely N-dealkylation sites (N-methyl/N-ethyl adjacent to an activating group) is 1. The first-order valence-electron chi connectivity index (χ1n) is 6.49. The van der Waals surface area contributed by atoms with Gasteiger partial charge in [0.05, 0.1) is 11.7 Å². The number of benzene rings is 1. The van der Waals surface area contributed by atoms with E-state index < -0.39 is 0 Å². The van der Waals surface area contributed by atoms with Crippen LogP contribution in [0.2, 0.25) is 0 Å². The molecule has 1 aromatic heterocycles. The first kappa shape index (κ1) is 17.1. The lowest BCUT2D eigenvalue weighted by atomic mass is 10.0. The molecule has 0 saturated carbocycles. The van der Waals surface area contributed by atoms with Crippen LogP contribution >= 0.6 is 47.8 Å². The van der Waals surface area contributed by atoms with Crippen LogP contribution < -0.4 is 5.32 Å². The Kier molecular flexibility index (Phi) is 6.34. The Bertz CT molecular complexity index is 634. The van der Waals surface area contributed by atoms with Crippen LogP contribution in [0.5, 0.6) is 0 Å². The van der Waals surface area contributed by atoms with Crippen LogP contribution in [0.25, 0.3) is 0 Å². The lowest BCUT2D eigenvalue weighted by Gasteiger charge is -2.19. The van der Waals surface area contributed by atoms with Gasteiger partial charge in [-0.1, -0.05) is 28.9 Å².